The summed E-state index contributed by atoms with van der Waals surface area (Å²) in [6, 6.07) is 63.0. The van der Waals surface area contributed by atoms with Gasteiger partial charge in [-0.3, -0.25) is 4.57 Å². The van der Waals surface area contributed by atoms with E-state index in [1.54, 1.807) is 0 Å². The van der Waals surface area contributed by atoms with E-state index in [1.807, 2.05) is 0 Å². The Morgan fingerprint density at radius 1 is 0.522 bits per heavy atom. The number of aryl methyl sites for hydroxylation is 1. The van der Waals surface area contributed by atoms with E-state index < -0.39 is 0 Å². The molecule has 5 nitrogen and oxygen atoms in total. The van der Waals surface area contributed by atoms with Crippen LogP contribution in [0.15, 0.2) is 176 Å². The molecule has 0 N–H and O–H groups in total. The van der Waals surface area contributed by atoms with Crippen LogP contribution in [-0.4, -0.2) is 16.2 Å². The first-order valence-corrected chi connectivity index (χ1v) is 24.5. The summed E-state index contributed by atoms with van der Waals surface area (Å²) >= 11 is 0. The second-order valence-electron chi connectivity index (χ2n) is 21.0. The van der Waals surface area contributed by atoms with Gasteiger partial charge in [-0.15, -0.1) is 0 Å². The Hall–Kier alpha value is -7.11. The van der Waals surface area contributed by atoms with Crippen LogP contribution >= 0.6 is 0 Å². The third-order valence-electron chi connectivity index (χ3n) is 17.0. The number of fused-ring (bicyclic) bond motifs is 7. The second-order valence-corrected chi connectivity index (χ2v) is 21.0. The third kappa shape index (κ3) is 5.76. The fraction of sp³-hybridized carbons (Fsp3) is 0.242. The van der Waals surface area contributed by atoms with Gasteiger partial charge in [-0.1, -0.05) is 110 Å². The molecule has 0 spiro atoms. The van der Waals surface area contributed by atoms with Crippen LogP contribution in [0.5, 0.6) is 11.5 Å². The zero-order chi connectivity index (χ0) is 44.6. The Kier molecular flexibility index (Phi) is 8.43. The van der Waals surface area contributed by atoms with Gasteiger partial charge in [-0.2, -0.15) is 0 Å². The van der Waals surface area contributed by atoms with Crippen LogP contribution in [-0.2, 0) is 10.8 Å². The van der Waals surface area contributed by atoms with Crippen molar-refractivity contribution in [2.45, 2.75) is 63.7 Å². The van der Waals surface area contributed by atoms with Crippen molar-refractivity contribution < 1.29 is 4.74 Å². The monoisotopic (exact) mass is 870 g/mol. The van der Waals surface area contributed by atoms with Gasteiger partial charge in [0, 0.05) is 51.3 Å². The maximum absolute atomic E-state index is 6.87. The lowest BCUT2D eigenvalue weighted by Crippen LogP contribution is -2.56. The van der Waals surface area contributed by atoms with Crippen LogP contribution in [0.3, 0.4) is 0 Å². The van der Waals surface area contributed by atoms with E-state index >= 15 is 0 Å². The number of anilines is 4. The van der Waals surface area contributed by atoms with Gasteiger partial charge in [0.05, 0.1) is 22.4 Å². The minimum absolute atomic E-state index is 0.00558. The predicted octanol–water partition coefficient (Wildman–Crippen LogP) is 15.6. The van der Waals surface area contributed by atoms with Gasteiger partial charge in [0.1, 0.15) is 24.0 Å². The number of hydrogen-bond acceptors (Lipinski definition) is 4. The predicted molar refractivity (Wildman–Crippen MR) is 274 cm³/mol. The molecule has 6 aliphatic rings. The first-order chi connectivity index (χ1) is 32.8. The highest BCUT2D eigenvalue weighted by atomic mass is 16.5. The van der Waals surface area contributed by atoms with E-state index in [9.17, 15) is 0 Å². The molecule has 1 aliphatic heterocycles. The number of para-hydroxylation sites is 3. The molecular weight excluding hydrogens is 817 g/mol. The molecular formula is C62H54N4O. The van der Waals surface area contributed by atoms with E-state index in [0.29, 0.717) is 18.5 Å². The van der Waals surface area contributed by atoms with E-state index in [4.69, 9.17) is 9.72 Å². The fourth-order valence-corrected chi connectivity index (χ4v) is 14.3. The highest BCUT2D eigenvalue weighted by molar-refractivity contribution is 6.09. The summed E-state index contributed by atoms with van der Waals surface area (Å²) < 4.78 is 9.25. The molecule has 4 fully saturated rings. The topological polar surface area (TPSA) is 33.5 Å². The summed E-state index contributed by atoms with van der Waals surface area (Å²) in [5.41, 5.74) is 16.6. The van der Waals surface area contributed by atoms with Gasteiger partial charge < -0.3 is 14.5 Å². The summed E-state index contributed by atoms with van der Waals surface area (Å²) in [6.07, 6.45) is 8.86. The zero-order valence-electron chi connectivity index (χ0n) is 38.5. The Balaban J connectivity index is 0.814. The lowest BCUT2D eigenvalue weighted by atomic mass is 9.42. The zero-order valence-corrected chi connectivity index (χ0v) is 38.5. The lowest BCUT2D eigenvalue weighted by Gasteiger charge is -2.62. The van der Waals surface area contributed by atoms with Crippen molar-refractivity contribution >= 4 is 44.6 Å². The van der Waals surface area contributed by atoms with Gasteiger partial charge >= 0.3 is 0 Å². The van der Waals surface area contributed by atoms with Gasteiger partial charge in [0.25, 0.3) is 0 Å². The van der Waals surface area contributed by atoms with Crippen molar-refractivity contribution in [3.05, 3.63) is 204 Å². The highest BCUT2D eigenvalue weighted by Crippen LogP contribution is 2.65. The molecule has 0 amide bonds. The average Bonchev–Trinajstić information content (AvgIpc) is 3.97. The normalized spacial score (nSPS) is 22.9. The molecule has 0 atom stereocenters. The van der Waals surface area contributed by atoms with Gasteiger partial charge in [0.15, 0.2) is 0 Å². The van der Waals surface area contributed by atoms with Crippen LogP contribution in [0.25, 0.3) is 38.8 Å². The van der Waals surface area contributed by atoms with E-state index in [0.717, 1.165) is 45.9 Å². The van der Waals surface area contributed by atoms with Crippen molar-refractivity contribution in [2.75, 3.05) is 16.5 Å². The first-order valence-electron chi connectivity index (χ1n) is 24.5. The quantitative estimate of drug-likeness (QED) is 0.160. The molecule has 2 aromatic heterocycles. The number of ether oxygens (including phenoxy) is 1. The molecule has 4 saturated carbocycles. The SMILES string of the molecule is Cc1ccc(C2(c3ccnc(-n4c5ccccc5c5ccc(Oc6cccc(N7CN(c8ccc9c(c8)C(C)(C)c8ccccc8-9)c8ccccc87)c6)cc54)c3)C3CC4CC(C3)CC2C4)cc1. The summed E-state index contributed by atoms with van der Waals surface area (Å²) in [6.45, 7) is 7.62. The number of rotatable bonds is 7. The minimum Gasteiger partial charge on any atom is -0.457 e. The molecule has 5 aliphatic carbocycles. The summed E-state index contributed by atoms with van der Waals surface area (Å²) in [4.78, 5) is 10.0. The summed E-state index contributed by atoms with van der Waals surface area (Å²) in [5.74, 6) is 5.62. The Morgan fingerprint density at radius 2 is 1.19 bits per heavy atom. The molecule has 0 radical (unpaired) electrons. The molecule has 7 aromatic carbocycles. The second kappa shape index (κ2) is 14.4. The van der Waals surface area contributed by atoms with E-state index in [-0.39, 0.29) is 10.8 Å². The molecule has 9 aromatic rings. The number of benzene rings is 7. The number of aromatic nitrogens is 2. The number of pyridine rings is 1. The van der Waals surface area contributed by atoms with Gasteiger partial charge in [-0.05, 0) is 163 Å². The lowest BCUT2D eigenvalue weighted by molar-refractivity contribution is -0.0418. The molecule has 328 valence electrons. The summed E-state index contributed by atoms with van der Waals surface area (Å²) in [5, 5.41) is 2.41. The standard InChI is InChI=1S/C62H54N4O/c1-39-19-21-42(22-20-39)62(44-30-40-29-41(32-44)33-45(62)31-40)43-27-28-63-60(34-43)66-56-16-7-5-14-52(56)53-26-24-49(37-59(53)66)67-48-12-10-11-46(35-48)64-38-65(58-18-9-8-17-57(58)64)47-23-25-51-50-13-4-6-15-54(50)61(2,3)55(51)36-47/h4-28,34-37,40-41,44-45H,29-33,38H2,1-3H3. The summed E-state index contributed by atoms with van der Waals surface area (Å²) in [7, 11) is 0. The van der Waals surface area contributed by atoms with Gasteiger partial charge in [-0.25, -0.2) is 4.98 Å². The number of nitrogens with zero attached hydrogens (tertiary/aromatic N) is 4. The van der Waals surface area contributed by atoms with E-state index in [1.165, 1.54) is 98.9 Å². The Morgan fingerprint density at radius 3 is 1.99 bits per heavy atom. The molecule has 5 heteroatoms. The van der Waals surface area contributed by atoms with Crippen LogP contribution in [0.4, 0.5) is 22.7 Å². The van der Waals surface area contributed by atoms with Crippen molar-refractivity contribution in [1.29, 1.82) is 0 Å². The molecule has 0 unspecified atom stereocenters. The van der Waals surface area contributed by atoms with Crippen molar-refractivity contribution in [2.24, 2.45) is 23.7 Å². The first kappa shape index (κ1) is 39.1. The van der Waals surface area contributed by atoms with Crippen molar-refractivity contribution in [3.63, 3.8) is 0 Å². The van der Waals surface area contributed by atoms with Crippen molar-refractivity contribution in [3.8, 4) is 28.4 Å². The minimum atomic E-state index is -0.0662. The largest absolute Gasteiger partial charge is 0.457 e. The van der Waals surface area contributed by atoms with Crippen LogP contribution < -0.4 is 14.5 Å². The Labute approximate surface area is 393 Å². The van der Waals surface area contributed by atoms with Gasteiger partial charge in [0.2, 0.25) is 0 Å². The molecule has 4 bridgehead atoms. The molecule has 3 heterocycles. The average molecular weight is 871 g/mol. The van der Waals surface area contributed by atoms with Crippen LogP contribution in [0.2, 0.25) is 0 Å². The molecule has 67 heavy (non-hydrogen) atoms. The van der Waals surface area contributed by atoms with Crippen LogP contribution in [0.1, 0.15) is 73.8 Å². The van der Waals surface area contributed by atoms with Crippen LogP contribution in [0, 0.1) is 30.6 Å². The Bertz CT molecular complexity index is 3420. The smallest absolute Gasteiger partial charge is 0.137 e. The maximum atomic E-state index is 6.87. The van der Waals surface area contributed by atoms with Crippen molar-refractivity contribution in [1.82, 2.24) is 9.55 Å². The maximum Gasteiger partial charge on any atom is 0.137 e. The van der Waals surface area contributed by atoms with E-state index in [2.05, 4.69) is 211 Å². The molecule has 15 rings (SSSR count). The molecule has 0 saturated heterocycles. The third-order valence-corrected chi connectivity index (χ3v) is 17.0. The number of hydrogen-bond donors (Lipinski definition) is 0. The fourth-order valence-electron chi connectivity index (χ4n) is 14.3. The highest BCUT2D eigenvalue weighted by Gasteiger charge is 2.58.